The van der Waals surface area contributed by atoms with Crippen molar-refractivity contribution in [1.82, 2.24) is 0 Å². The molecule has 0 aliphatic rings. The highest BCUT2D eigenvalue weighted by Gasteiger charge is 2.03. The molecule has 7 heteroatoms. The minimum atomic E-state index is -1.27. The van der Waals surface area contributed by atoms with Crippen molar-refractivity contribution in [3.8, 4) is 5.75 Å². The zero-order valence-corrected chi connectivity index (χ0v) is 12.8. The Morgan fingerprint density at radius 3 is 2.43 bits per heavy atom. The minimum Gasteiger partial charge on any atom is -0.488 e. The largest absolute Gasteiger partial charge is 0.488 e. The minimum absolute atomic E-state index is 0.0268. The number of carbonyl (C=O) groups is 2. The highest BCUT2D eigenvalue weighted by atomic mass is 32.1. The van der Waals surface area contributed by atoms with E-state index in [1.54, 1.807) is 35.6 Å². The highest BCUT2D eigenvalue weighted by Crippen LogP contribution is 2.16. The maximum atomic E-state index is 11.4. The van der Waals surface area contributed by atoms with Gasteiger partial charge in [-0.2, -0.15) is 0 Å². The van der Waals surface area contributed by atoms with E-state index in [4.69, 9.17) is 9.47 Å². The third-order valence-corrected chi connectivity index (χ3v) is 3.55. The Bertz CT molecular complexity index is 664. The molecule has 1 heterocycles. The maximum absolute atomic E-state index is 11.4. The number of halogens is 1. The number of esters is 1. The first-order valence-corrected chi connectivity index (χ1v) is 7.47. The summed E-state index contributed by atoms with van der Waals surface area (Å²) in [5, 5.41) is 1.98. The van der Waals surface area contributed by atoms with Crippen LogP contribution in [0.25, 0.3) is 0 Å². The van der Waals surface area contributed by atoms with Crippen LogP contribution in [0.15, 0.2) is 53.9 Å². The first kappa shape index (κ1) is 16.7. The van der Waals surface area contributed by atoms with Crippen molar-refractivity contribution < 1.29 is 28.5 Å². The van der Waals surface area contributed by atoms with Crippen LogP contribution in [0.1, 0.15) is 10.4 Å². The summed E-state index contributed by atoms with van der Waals surface area (Å²) in [6.45, 7) is 0.528. The van der Waals surface area contributed by atoms with Crippen LogP contribution in [0.3, 0.4) is 0 Å². The van der Waals surface area contributed by atoms with E-state index < -0.39 is 11.9 Å². The Hall–Kier alpha value is -2.67. The van der Waals surface area contributed by atoms with Gasteiger partial charge in [0.25, 0.3) is 0 Å². The van der Waals surface area contributed by atoms with Gasteiger partial charge in [-0.1, -0.05) is 18.2 Å². The fourth-order valence-corrected chi connectivity index (χ4v) is 2.21. The van der Waals surface area contributed by atoms with E-state index in [2.05, 4.69) is 4.94 Å². The first-order chi connectivity index (χ1) is 11.2. The standard InChI is InChI=1S/C16H13FO5S/c17-22-16(19)8-7-15(18)21-10-12-3-5-13(6-4-12)20-11-14-2-1-9-23-14/h1-9H,10-11H2/b8-7+. The maximum Gasteiger partial charge on any atom is 0.372 e. The number of carbonyl (C=O) groups excluding carboxylic acids is 2. The Labute approximate surface area is 135 Å². The highest BCUT2D eigenvalue weighted by molar-refractivity contribution is 7.09. The van der Waals surface area contributed by atoms with Crippen LogP contribution >= 0.6 is 11.3 Å². The lowest BCUT2D eigenvalue weighted by molar-refractivity contribution is -0.176. The predicted octanol–water partition coefficient (Wildman–Crippen LogP) is 3.35. The van der Waals surface area contributed by atoms with Gasteiger partial charge in [0.05, 0.1) is 0 Å². The Morgan fingerprint density at radius 2 is 1.78 bits per heavy atom. The van der Waals surface area contributed by atoms with Crippen molar-refractivity contribution >= 4 is 23.3 Å². The quantitative estimate of drug-likeness (QED) is 0.573. The smallest absolute Gasteiger partial charge is 0.372 e. The molecule has 5 nitrogen and oxygen atoms in total. The summed E-state index contributed by atoms with van der Waals surface area (Å²) in [5.41, 5.74) is 0.753. The molecule has 0 spiro atoms. The van der Waals surface area contributed by atoms with Crippen LogP contribution in [0.5, 0.6) is 5.75 Å². The van der Waals surface area contributed by atoms with Gasteiger partial charge in [0.2, 0.25) is 0 Å². The van der Waals surface area contributed by atoms with Crippen molar-refractivity contribution in [2.24, 2.45) is 0 Å². The van der Waals surface area contributed by atoms with Gasteiger partial charge in [-0.15, -0.1) is 11.3 Å². The van der Waals surface area contributed by atoms with E-state index >= 15 is 0 Å². The average Bonchev–Trinajstić information content (AvgIpc) is 3.10. The van der Waals surface area contributed by atoms with Gasteiger partial charge >= 0.3 is 11.9 Å². The molecule has 0 aliphatic heterocycles. The number of hydrogen-bond acceptors (Lipinski definition) is 6. The van der Waals surface area contributed by atoms with Crippen molar-refractivity contribution in [3.63, 3.8) is 0 Å². The third kappa shape index (κ3) is 5.91. The van der Waals surface area contributed by atoms with E-state index in [9.17, 15) is 14.1 Å². The van der Waals surface area contributed by atoms with Gasteiger partial charge in [-0.3, -0.25) is 4.94 Å². The number of rotatable bonds is 7. The molecule has 0 unspecified atom stereocenters. The normalized spacial score (nSPS) is 10.5. The van der Waals surface area contributed by atoms with Crippen molar-refractivity contribution in [2.75, 3.05) is 0 Å². The molecule has 0 amide bonds. The van der Waals surface area contributed by atoms with Gasteiger partial charge in [0.15, 0.2) is 0 Å². The molecule has 0 saturated heterocycles. The molecular weight excluding hydrogens is 323 g/mol. The molecule has 0 N–H and O–H groups in total. The second kappa shape index (κ2) is 8.70. The number of thiophene rings is 1. The monoisotopic (exact) mass is 336 g/mol. The summed E-state index contributed by atoms with van der Waals surface area (Å²) >= 11 is 1.62. The van der Waals surface area contributed by atoms with E-state index in [1.807, 2.05) is 17.5 Å². The number of ether oxygens (including phenoxy) is 2. The third-order valence-electron chi connectivity index (χ3n) is 2.70. The fourth-order valence-electron chi connectivity index (χ4n) is 1.60. The molecule has 0 atom stereocenters. The predicted molar refractivity (Wildman–Crippen MR) is 81.2 cm³/mol. The van der Waals surface area contributed by atoms with Crippen LogP contribution in [0.2, 0.25) is 0 Å². The Morgan fingerprint density at radius 1 is 1.04 bits per heavy atom. The van der Waals surface area contributed by atoms with E-state index in [0.29, 0.717) is 18.4 Å². The molecule has 120 valence electrons. The molecule has 23 heavy (non-hydrogen) atoms. The van der Waals surface area contributed by atoms with Gasteiger partial charge in [-0.25, -0.2) is 9.59 Å². The van der Waals surface area contributed by atoms with Crippen LogP contribution in [0.4, 0.5) is 4.53 Å². The summed E-state index contributed by atoms with van der Waals surface area (Å²) in [5.74, 6) is -1.33. The average molecular weight is 336 g/mol. The van der Waals surface area contributed by atoms with Gasteiger partial charge < -0.3 is 9.47 Å². The lowest BCUT2D eigenvalue weighted by atomic mass is 10.2. The van der Waals surface area contributed by atoms with Crippen molar-refractivity contribution in [1.29, 1.82) is 0 Å². The molecular formula is C16H13FO5S. The van der Waals surface area contributed by atoms with E-state index in [-0.39, 0.29) is 6.61 Å². The van der Waals surface area contributed by atoms with Crippen molar-refractivity contribution in [2.45, 2.75) is 13.2 Å². The van der Waals surface area contributed by atoms with E-state index in [1.165, 1.54) is 0 Å². The zero-order chi connectivity index (χ0) is 16.5. The molecule has 0 radical (unpaired) electrons. The summed E-state index contributed by atoms with van der Waals surface area (Å²) < 4.78 is 21.9. The van der Waals surface area contributed by atoms with E-state index in [0.717, 1.165) is 16.5 Å². The van der Waals surface area contributed by atoms with Crippen molar-refractivity contribution in [3.05, 3.63) is 64.4 Å². The molecule has 1 aromatic carbocycles. The molecule has 0 aliphatic carbocycles. The zero-order valence-electron chi connectivity index (χ0n) is 11.9. The SMILES string of the molecule is O=C(/C=C/C(=O)OCc1ccc(OCc2cccs2)cc1)OF. The lowest BCUT2D eigenvalue weighted by Gasteiger charge is -2.06. The molecule has 0 fully saturated rings. The van der Waals surface area contributed by atoms with Gasteiger partial charge in [-0.05, 0) is 29.1 Å². The Kier molecular flexibility index (Phi) is 6.31. The number of benzene rings is 1. The number of hydrogen-bond donors (Lipinski definition) is 0. The molecule has 0 saturated carbocycles. The lowest BCUT2D eigenvalue weighted by Crippen LogP contribution is -2.02. The molecule has 2 aromatic rings. The van der Waals surface area contributed by atoms with Crippen LogP contribution in [-0.4, -0.2) is 11.9 Å². The summed E-state index contributed by atoms with van der Waals surface area (Å²) in [7, 11) is 0. The Balaban J connectivity index is 1.77. The fraction of sp³-hybridized carbons (Fsp3) is 0.125. The molecule has 1 aromatic heterocycles. The molecule has 2 rings (SSSR count). The first-order valence-electron chi connectivity index (χ1n) is 6.59. The van der Waals surface area contributed by atoms with Crippen LogP contribution < -0.4 is 4.74 Å². The second-order valence-electron chi connectivity index (χ2n) is 4.35. The topological polar surface area (TPSA) is 61.8 Å². The summed E-state index contributed by atoms with van der Waals surface area (Å²) in [6.07, 6.45) is 1.43. The van der Waals surface area contributed by atoms with Gasteiger partial charge in [0, 0.05) is 21.6 Å². The summed E-state index contributed by atoms with van der Waals surface area (Å²) in [4.78, 5) is 25.8. The molecule has 0 bridgehead atoms. The van der Waals surface area contributed by atoms with Crippen LogP contribution in [0, 0.1) is 0 Å². The second-order valence-corrected chi connectivity index (χ2v) is 5.38. The van der Waals surface area contributed by atoms with Crippen LogP contribution in [-0.2, 0) is 32.5 Å². The van der Waals surface area contributed by atoms with Gasteiger partial charge in [0.1, 0.15) is 19.0 Å². The summed E-state index contributed by atoms with van der Waals surface area (Å²) in [6, 6.07) is 11.0.